The minimum atomic E-state index is -0.0309. The molecule has 1 aromatic rings. The van der Waals surface area contributed by atoms with Gasteiger partial charge in [0.15, 0.2) is 11.5 Å². The number of nitrogens with zero attached hydrogens (tertiary/aromatic N) is 1. The summed E-state index contributed by atoms with van der Waals surface area (Å²) in [4.78, 5) is 16.4. The number of hydrogen-bond donors (Lipinski definition) is 0. The second kappa shape index (κ2) is 8.08. The van der Waals surface area contributed by atoms with Crippen LogP contribution in [0.5, 0.6) is 11.5 Å². The number of rotatable bonds is 5. The van der Waals surface area contributed by atoms with Crippen molar-refractivity contribution < 1.29 is 14.3 Å². The summed E-state index contributed by atoms with van der Waals surface area (Å²) in [6, 6.07) is 3.67. The van der Waals surface area contributed by atoms with Gasteiger partial charge in [-0.3, -0.25) is 4.79 Å². The van der Waals surface area contributed by atoms with Crippen molar-refractivity contribution in [3.8, 4) is 11.5 Å². The minimum Gasteiger partial charge on any atom is -0.493 e. The summed E-state index contributed by atoms with van der Waals surface area (Å²) in [6.07, 6.45) is 1.77. The predicted molar refractivity (Wildman–Crippen MR) is 98.0 cm³/mol. The minimum absolute atomic E-state index is 0.0309. The molecule has 0 bridgehead atoms. The zero-order valence-corrected chi connectivity index (χ0v) is 15.7. The van der Waals surface area contributed by atoms with Gasteiger partial charge in [0.1, 0.15) is 10.1 Å². The highest BCUT2D eigenvalue weighted by molar-refractivity contribution is 9.10. The lowest BCUT2D eigenvalue weighted by molar-refractivity contribution is -0.107. The average Bonchev–Trinajstić information content (AvgIpc) is 2.82. The lowest BCUT2D eigenvalue weighted by Gasteiger charge is -2.11. The fraction of sp³-hybridized carbons (Fsp3) is 0.333. The van der Waals surface area contributed by atoms with Crippen LogP contribution in [0.2, 0.25) is 0 Å². The van der Waals surface area contributed by atoms with Gasteiger partial charge in [-0.05, 0) is 48.2 Å². The first-order valence-corrected chi connectivity index (χ1v) is 9.34. The molecule has 0 unspecified atom stereocenters. The van der Waals surface area contributed by atoms with Gasteiger partial charge in [0.2, 0.25) is 5.12 Å². The summed E-state index contributed by atoms with van der Waals surface area (Å²) in [5, 5.41) is -0.0309. The van der Waals surface area contributed by atoms with Gasteiger partial charge in [0.25, 0.3) is 0 Å². The zero-order valence-electron chi connectivity index (χ0n) is 12.5. The van der Waals surface area contributed by atoms with Crippen molar-refractivity contribution in [2.75, 3.05) is 19.5 Å². The molecule has 1 aliphatic heterocycles. The molecule has 118 valence electrons. The molecule has 0 atom stereocenters. The van der Waals surface area contributed by atoms with Crippen molar-refractivity contribution >= 4 is 55.0 Å². The van der Waals surface area contributed by atoms with E-state index in [0.29, 0.717) is 23.8 Å². The van der Waals surface area contributed by atoms with Gasteiger partial charge in [0.05, 0.1) is 13.7 Å². The Morgan fingerprint density at radius 1 is 1.36 bits per heavy atom. The summed E-state index contributed by atoms with van der Waals surface area (Å²) >= 11 is 6.25. The first kappa shape index (κ1) is 17.4. The Balaban J connectivity index is 2.38. The Morgan fingerprint density at radius 2 is 2.14 bits per heavy atom. The van der Waals surface area contributed by atoms with Crippen LogP contribution in [0.4, 0.5) is 0 Å². The number of halogens is 1. The van der Waals surface area contributed by atoms with Gasteiger partial charge in [-0.1, -0.05) is 34.6 Å². The molecule has 0 N–H and O–H groups in total. The summed E-state index contributed by atoms with van der Waals surface area (Å²) in [7, 11) is 1.60. The fourth-order valence-electron chi connectivity index (χ4n) is 1.81. The summed E-state index contributed by atoms with van der Waals surface area (Å²) in [5.74, 6) is 2.19. The molecule has 0 spiro atoms. The first-order chi connectivity index (χ1) is 10.6. The molecule has 2 rings (SSSR count). The van der Waals surface area contributed by atoms with Gasteiger partial charge in [-0.2, -0.15) is 0 Å². The summed E-state index contributed by atoms with van der Waals surface area (Å²) in [6.45, 7) is 4.49. The maximum absolute atomic E-state index is 12.0. The normalized spacial score (nSPS) is 16.1. The maximum Gasteiger partial charge on any atom is 0.244 e. The van der Waals surface area contributed by atoms with Crippen molar-refractivity contribution in [2.45, 2.75) is 13.8 Å². The largest absolute Gasteiger partial charge is 0.493 e. The standard InChI is InChI=1S/C15H16BrNO3S2/c1-4-20-13-7-9(10(16)8-12(13)19-3)6-11-14(18)22-15(17-11)21-5-2/h6-8H,4-5H2,1-3H3. The predicted octanol–water partition coefficient (Wildman–Crippen LogP) is 4.58. The molecule has 1 heterocycles. The molecule has 7 heteroatoms. The van der Waals surface area contributed by atoms with Crippen molar-refractivity contribution in [1.82, 2.24) is 0 Å². The van der Waals surface area contributed by atoms with Crippen molar-refractivity contribution in [2.24, 2.45) is 4.99 Å². The SMILES string of the molecule is CCOc1cc(C=C2N=C(SCC)SC2=O)c(Br)cc1OC. The molecular weight excluding hydrogens is 386 g/mol. The van der Waals surface area contributed by atoms with Crippen LogP contribution in [0.25, 0.3) is 6.08 Å². The van der Waals surface area contributed by atoms with E-state index in [9.17, 15) is 4.79 Å². The number of aliphatic imine (C=N–C) groups is 1. The van der Waals surface area contributed by atoms with E-state index in [2.05, 4.69) is 20.9 Å². The van der Waals surface area contributed by atoms with Crippen LogP contribution < -0.4 is 9.47 Å². The molecule has 0 radical (unpaired) electrons. The number of ether oxygens (including phenoxy) is 2. The monoisotopic (exact) mass is 401 g/mol. The molecule has 0 aromatic heterocycles. The topological polar surface area (TPSA) is 47.9 Å². The third kappa shape index (κ3) is 4.08. The second-order valence-electron chi connectivity index (χ2n) is 4.19. The van der Waals surface area contributed by atoms with Crippen LogP contribution in [0, 0.1) is 0 Å². The third-order valence-corrected chi connectivity index (χ3v) is 5.32. The van der Waals surface area contributed by atoms with E-state index in [1.54, 1.807) is 24.9 Å². The Bertz CT molecular complexity index is 644. The number of hydrogen-bond acceptors (Lipinski definition) is 6. The molecule has 1 aromatic carbocycles. The Labute approximate surface area is 146 Å². The highest BCUT2D eigenvalue weighted by atomic mass is 79.9. The van der Waals surface area contributed by atoms with Gasteiger partial charge >= 0.3 is 0 Å². The van der Waals surface area contributed by atoms with Gasteiger partial charge < -0.3 is 9.47 Å². The Kier molecular flexibility index (Phi) is 6.40. The lowest BCUT2D eigenvalue weighted by Crippen LogP contribution is -1.97. The molecule has 0 aliphatic carbocycles. The number of carbonyl (C=O) groups excluding carboxylic acids is 1. The molecule has 22 heavy (non-hydrogen) atoms. The number of carbonyl (C=O) groups is 1. The van der Waals surface area contributed by atoms with Crippen molar-refractivity contribution in [3.63, 3.8) is 0 Å². The third-order valence-electron chi connectivity index (χ3n) is 2.74. The molecular formula is C15H16BrNO3S2. The molecule has 0 saturated carbocycles. The van der Waals surface area contributed by atoms with E-state index < -0.39 is 0 Å². The average molecular weight is 402 g/mol. The van der Waals surface area contributed by atoms with E-state index in [1.807, 2.05) is 26.0 Å². The number of methoxy groups -OCH3 is 1. The van der Waals surface area contributed by atoms with E-state index in [0.717, 1.165) is 20.2 Å². The van der Waals surface area contributed by atoms with Crippen LogP contribution in [0.1, 0.15) is 19.4 Å². The van der Waals surface area contributed by atoms with Crippen LogP contribution in [0.3, 0.4) is 0 Å². The summed E-state index contributed by atoms with van der Waals surface area (Å²) in [5.41, 5.74) is 1.29. The van der Waals surface area contributed by atoms with Crippen molar-refractivity contribution in [3.05, 3.63) is 27.9 Å². The van der Waals surface area contributed by atoms with E-state index >= 15 is 0 Å². The highest BCUT2D eigenvalue weighted by Crippen LogP contribution is 2.36. The van der Waals surface area contributed by atoms with E-state index in [1.165, 1.54) is 11.8 Å². The molecule has 0 fully saturated rings. The quantitative estimate of drug-likeness (QED) is 0.675. The summed E-state index contributed by atoms with van der Waals surface area (Å²) < 4.78 is 12.5. The van der Waals surface area contributed by atoms with Gasteiger partial charge in [-0.15, -0.1) is 0 Å². The zero-order chi connectivity index (χ0) is 16.1. The lowest BCUT2D eigenvalue weighted by atomic mass is 10.1. The van der Waals surface area contributed by atoms with Gasteiger partial charge in [-0.25, -0.2) is 4.99 Å². The van der Waals surface area contributed by atoms with Crippen LogP contribution in [-0.2, 0) is 4.79 Å². The number of thioether (sulfide) groups is 2. The smallest absolute Gasteiger partial charge is 0.244 e. The van der Waals surface area contributed by atoms with E-state index in [-0.39, 0.29) is 5.12 Å². The molecule has 1 aliphatic rings. The fourth-order valence-corrected chi connectivity index (χ4v) is 3.99. The number of benzene rings is 1. The Hall–Kier alpha value is -0.920. The van der Waals surface area contributed by atoms with Crippen LogP contribution in [-0.4, -0.2) is 29.0 Å². The van der Waals surface area contributed by atoms with Crippen LogP contribution >= 0.6 is 39.5 Å². The first-order valence-electron chi connectivity index (χ1n) is 6.74. The highest BCUT2D eigenvalue weighted by Gasteiger charge is 2.22. The second-order valence-corrected chi connectivity index (χ2v) is 7.51. The Morgan fingerprint density at radius 3 is 2.77 bits per heavy atom. The van der Waals surface area contributed by atoms with Crippen LogP contribution in [0.15, 0.2) is 27.3 Å². The molecule has 0 saturated heterocycles. The van der Waals surface area contributed by atoms with Crippen molar-refractivity contribution in [1.29, 1.82) is 0 Å². The van der Waals surface area contributed by atoms with Gasteiger partial charge in [0, 0.05) is 4.47 Å². The van der Waals surface area contributed by atoms with E-state index in [4.69, 9.17) is 9.47 Å². The maximum atomic E-state index is 12.0. The molecule has 0 amide bonds. The molecule has 4 nitrogen and oxygen atoms in total.